The Morgan fingerprint density at radius 3 is 2.92 bits per heavy atom. The quantitative estimate of drug-likeness (QED) is 0.841. The summed E-state index contributed by atoms with van der Waals surface area (Å²) in [4.78, 5) is 13.4. The van der Waals surface area contributed by atoms with E-state index in [1.54, 1.807) is 6.92 Å². The molecule has 6 heteroatoms. The van der Waals surface area contributed by atoms with Crippen LogP contribution >= 0.6 is 11.6 Å². The second-order valence-electron chi connectivity index (χ2n) is 6.74. The third-order valence-corrected chi connectivity index (χ3v) is 5.42. The zero-order chi connectivity index (χ0) is 16.8. The van der Waals surface area contributed by atoms with Gasteiger partial charge in [-0.05, 0) is 38.3 Å². The van der Waals surface area contributed by atoms with Gasteiger partial charge in [0.1, 0.15) is 19.2 Å². The van der Waals surface area contributed by atoms with Gasteiger partial charge in [-0.25, -0.2) is 4.79 Å². The highest BCUT2D eigenvalue weighted by molar-refractivity contribution is 6.33. The first-order chi connectivity index (χ1) is 11.5. The molecule has 0 spiro atoms. The molecular weight excluding hydrogens is 330 g/mol. The Labute approximate surface area is 145 Å². The van der Waals surface area contributed by atoms with E-state index in [-0.39, 0.29) is 11.7 Å². The Hall–Kier alpha value is -1.56. The summed E-state index contributed by atoms with van der Waals surface area (Å²) < 4.78 is 17.2. The summed E-state index contributed by atoms with van der Waals surface area (Å²) >= 11 is 6.42. The summed E-state index contributed by atoms with van der Waals surface area (Å²) in [7, 11) is 0. The van der Waals surface area contributed by atoms with Gasteiger partial charge in [-0.1, -0.05) is 11.6 Å². The van der Waals surface area contributed by atoms with Crippen molar-refractivity contribution in [3.63, 3.8) is 0 Å². The number of hydrogen-bond acceptors (Lipinski definition) is 4. The molecule has 1 aromatic heterocycles. The second kappa shape index (κ2) is 6.06. The van der Waals surface area contributed by atoms with Crippen LogP contribution in [-0.4, -0.2) is 26.0 Å². The molecular formula is C18H21ClNO4+. The van der Waals surface area contributed by atoms with E-state index >= 15 is 0 Å². The van der Waals surface area contributed by atoms with Crippen LogP contribution in [0.15, 0.2) is 15.3 Å². The fraction of sp³-hybridized carbons (Fsp3) is 0.500. The summed E-state index contributed by atoms with van der Waals surface area (Å²) in [6.07, 6.45) is 2.50. The number of halogens is 1. The molecule has 1 N–H and O–H groups in total. The largest absolute Gasteiger partial charge is 0.443 e. The molecule has 5 nitrogen and oxygen atoms in total. The van der Waals surface area contributed by atoms with E-state index < -0.39 is 0 Å². The van der Waals surface area contributed by atoms with Crippen LogP contribution in [0.3, 0.4) is 0 Å². The Morgan fingerprint density at radius 2 is 2.17 bits per heavy atom. The third kappa shape index (κ3) is 2.61. The molecule has 4 rings (SSSR count). The molecule has 128 valence electrons. The number of ether oxygens (including phenoxy) is 2. The number of fused-ring (bicyclic) bond motifs is 3. The fourth-order valence-electron chi connectivity index (χ4n) is 3.64. The minimum atomic E-state index is -0.296. The first-order valence-corrected chi connectivity index (χ1v) is 8.75. The normalized spacial score (nSPS) is 23.3. The van der Waals surface area contributed by atoms with Crippen molar-refractivity contribution in [2.24, 2.45) is 0 Å². The van der Waals surface area contributed by atoms with Crippen molar-refractivity contribution in [2.75, 3.05) is 19.9 Å². The number of rotatable bonds is 2. The van der Waals surface area contributed by atoms with Crippen molar-refractivity contribution in [1.29, 1.82) is 0 Å². The van der Waals surface area contributed by atoms with Crippen molar-refractivity contribution in [3.05, 3.63) is 38.2 Å². The highest BCUT2D eigenvalue weighted by Gasteiger charge is 2.30. The summed E-state index contributed by atoms with van der Waals surface area (Å²) in [5.41, 5.74) is 2.73. The lowest BCUT2D eigenvalue weighted by molar-refractivity contribution is -0.935. The van der Waals surface area contributed by atoms with Gasteiger partial charge in [-0.3, -0.25) is 4.90 Å². The Kier molecular flexibility index (Phi) is 4.03. The zero-order valence-corrected chi connectivity index (χ0v) is 14.7. The number of nitrogens with one attached hydrogen (secondary N) is 1. The summed E-state index contributed by atoms with van der Waals surface area (Å²) in [5.74, 6) is 0.645. The minimum Gasteiger partial charge on any atom is -0.443 e. The van der Waals surface area contributed by atoms with Gasteiger partial charge in [0.25, 0.3) is 0 Å². The molecule has 0 aliphatic carbocycles. The molecule has 1 aromatic carbocycles. The number of quaternary nitrogens is 1. The van der Waals surface area contributed by atoms with Crippen LogP contribution < -0.4 is 15.3 Å². The topological polar surface area (TPSA) is 53.1 Å². The lowest BCUT2D eigenvalue weighted by Gasteiger charge is -2.28. The van der Waals surface area contributed by atoms with Crippen LogP contribution in [0.5, 0.6) is 5.75 Å². The molecule has 1 fully saturated rings. The van der Waals surface area contributed by atoms with Crippen LogP contribution in [-0.2, 0) is 11.3 Å². The van der Waals surface area contributed by atoms with Gasteiger partial charge in [0.05, 0.1) is 10.6 Å². The Balaban J connectivity index is 1.77. The molecule has 2 aliphatic heterocycles. The molecule has 0 amide bonds. The van der Waals surface area contributed by atoms with Crippen LogP contribution in [0.25, 0.3) is 11.0 Å². The standard InChI is InChI=1S/C18H20ClNO4/c1-10-11(2)18(21)24-16-13(10)6-15(19)17-14(16)8-20(9-23-17)7-12-4-3-5-22-12/h6,12H,3-5,7-9H2,1-2H3/p+1/t12-/m0/s1. The summed E-state index contributed by atoms with van der Waals surface area (Å²) in [6.45, 7) is 6.71. The first kappa shape index (κ1) is 15.9. The molecule has 24 heavy (non-hydrogen) atoms. The number of benzene rings is 1. The summed E-state index contributed by atoms with van der Waals surface area (Å²) in [5, 5.41) is 1.46. The SMILES string of the molecule is Cc1c(C)c2cc(Cl)c3c(c2oc1=O)C[NH+](C[C@@H]1CCCO1)CO3. The highest BCUT2D eigenvalue weighted by atomic mass is 35.5. The fourth-order valence-corrected chi connectivity index (χ4v) is 3.92. The zero-order valence-electron chi connectivity index (χ0n) is 13.9. The number of hydrogen-bond donors (Lipinski definition) is 1. The van der Waals surface area contributed by atoms with Gasteiger partial charge >= 0.3 is 5.63 Å². The van der Waals surface area contributed by atoms with E-state index in [9.17, 15) is 4.79 Å². The van der Waals surface area contributed by atoms with Crippen molar-refractivity contribution < 1.29 is 18.8 Å². The Morgan fingerprint density at radius 1 is 1.33 bits per heavy atom. The number of aryl methyl sites for hydroxylation is 1. The van der Waals surface area contributed by atoms with Gasteiger partial charge in [0.15, 0.2) is 11.3 Å². The van der Waals surface area contributed by atoms with E-state index in [0.29, 0.717) is 28.6 Å². The van der Waals surface area contributed by atoms with Crippen molar-refractivity contribution in [2.45, 2.75) is 39.3 Å². The van der Waals surface area contributed by atoms with Gasteiger partial charge in [0.2, 0.25) is 6.73 Å². The van der Waals surface area contributed by atoms with E-state index in [2.05, 4.69) is 0 Å². The predicted octanol–water partition coefficient (Wildman–Crippen LogP) is 1.98. The average Bonchev–Trinajstić information content (AvgIpc) is 3.07. The lowest BCUT2D eigenvalue weighted by Crippen LogP contribution is -3.13. The molecule has 1 saturated heterocycles. The minimum absolute atomic E-state index is 0.284. The van der Waals surface area contributed by atoms with Crippen molar-refractivity contribution in [3.8, 4) is 5.75 Å². The predicted molar refractivity (Wildman–Crippen MR) is 91.0 cm³/mol. The van der Waals surface area contributed by atoms with Crippen LogP contribution in [0.1, 0.15) is 29.5 Å². The van der Waals surface area contributed by atoms with Crippen molar-refractivity contribution >= 4 is 22.6 Å². The molecule has 2 aromatic rings. The van der Waals surface area contributed by atoms with Gasteiger partial charge < -0.3 is 13.9 Å². The van der Waals surface area contributed by atoms with Crippen LogP contribution in [0.2, 0.25) is 5.02 Å². The average molecular weight is 351 g/mol. The molecule has 0 bridgehead atoms. The molecule has 0 radical (unpaired) electrons. The molecule has 2 atom stereocenters. The monoisotopic (exact) mass is 350 g/mol. The van der Waals surface area contributed by atoms with Crippen LogP contribution in [0, 0.1) is 13.8 Å². The Bertz CT molecular complexity index is 854. The molecule has 2 aliphatic rings. The van der Waals surface area contributed by atoms with E-state index in [1.165, 1.54) is 4.90 Å². The smallest absolute Gasteiger partial charge is 0.339 e. The van der Waals surface area contributed by atoms with Gasteiger partial charge in [-0.15, -0.1) is 0 Å². The van der Waals surface area contributed by atoms with Gasteiger partial charge in [0, 0.05) is 17.6 Å². The first-order valence-electron chi connectivity index (χ1n) is 8.38. The molecule has 3 heterocycles. The van der Waals surface area contributed by atoms with Crippen molar-refractivity contribution in [1.82, 2.24) is 0 Å². The van der Waals surface area contributed by atoms with E-state index in [0.717, 1.165) is 49.1 Å². The van der Waals surface area contributed by atoms with E-state index in [1.807, 2.05) is 13.0 Å². The highest BCUT2D eigenvalue weighted by Crippen LogP contribution is 2.37. The summed E-state index contributed by atoms with van der Waals surface area (Å²) in [6, 6.07) is 1.84. The maximum Gasteiger partial charge on any atom is 0.339 e. The maximum absolute atomic E-state index is 12.1. The lowest BCUT2D eigenvalue weighted by atomic mass is 10.0. The molecule has 0 saturated carbocycles. The van der Waals surface area contributed by atoms with E-state index in [4.69, 9.17) is 25.5 Å². The maximum atomic E-state index is 12.1. The van der Waals surface area contributed by atoms with Gasteiger partial charge in [-0.2, -0.15) is 0 Å². The third-order valence-electron chi connectivity index (χ3n) is 5.14. The molecule has 1 unspecified atom stereocenters. The second-order valence-corrected chi connectivity index (χ2v) is 7.14. The van der Waals surface area contributed by atoms with Crippen LogP contribution in [0.4, 0.5) is 0 Å².